The summed E-state index contributed by atoms with van der Waals surface area (Å²) in [4.78, 5) is 4.06. The summed E-state index contributed by atoms with van der Waals surface area (Å²) >= 11 is 5.89. The molecule has 0 aliphatic rings. The molecule has 0 aliphatic carbocycles. The lowest BCUT2D eigenvalue weighted by Crippen LogP contribution is -2.03. The lowest BCUT2D eigenvalue weighted by molar-refractivity contribution is -0.137. The maximum atomic E-state index is 12.7. The summed E-state index contributed by atoms with van der Waals surface area (Å²) < 4.78 is 43.4. The molecule has 2 aromatic carbocycles. The van der Waals surface area contributed by atoms with E-state index in [1.54, 1.807) is 18.2 Å². The average Bonchev–Trinajstić information content (AvgIpc) is 2.79. The fourth-order valence-corrected chi connectivity index (χ4v) is 2.21. The zero-order chi connectivity index (χ0) is 15.2. The predicted molar refractivity (Wildman–Crippen MR) is 73.9 cm³/mol. The van der Waals surface area contributed by atoms with Crippen molar-refractivity contribution in [3.63, 3.8) is 0 Å². The third-order valence-electron chi connectivity index (χ3n) is 2.88. The Kier molecular flexibility index (Phi) is 3.06. The fraction of sp³-hybridized carbons (Fsp3) is 0.0714. The van der Waals surface area contributed by atoms with E-state index >= 15 is 0 Å². The summed E-state index contributed by atoms with van der Waals surface area (Å²) in [6.45, 7) is 0. The van der Waals surface area contributed by atoms with Gasteiger partial charge in [0.2, 0.25) is 5.89 Å². The minimum absolute atomic E-state index is 0.123. The van der Waals surface area contributed by atoms with Crippen molar-refractivity contribution in [3.8, 4) is 11.5 Å². The molecule has 108 valence electrons. The summed E-state index contributed by atoms with van der Waals surface area (Å²) in [6.07, 6.45) is -4.42. The fourth-order valence-electron chi connectivity index (χ4n) is 1.96. The number of nitrogens with two attached hydrogens (primary N) is 1. The lowest BCUT2D eigenvalue weighted by atomic mass is 10.2. The average molecular weight is 313 g/mol. The van der Waals surface area contributed by atoms with Gasteiger partial charge in [-0.25, -0.2) is 4.98 Å². The van der Waals surface area contributed by atoms with Crippen molar-refractivity contribution in [2.75, 3.05) is 5.73 Å². The molecular formula is C14H8ClF3N2O. The van der Waals surface area contributed by atoms with Crippen LogP contribution in [0.1, 0.15) is 5.56 Å². The van der Waals surface area contributed by atoms with Gasteiger partial charge in [-0.2, -0.15) is 13.2 Å². The minimum Gasteiger partial charge on any atom is -0.436 e. The summed E-state index contributed by atoms with van der Waals surface area (Å²) in [5.74, 6) is 0.165. The molecule has 0 spiro atoms. The van der Waals surface area contributed by atoms with Crippen molar-refractivity contribution < 1.29 is 17.6 Å². The molecule has 0 atom stereocenters. The SMILES string of the molecule is Nc1cc(Cl)cc(-c2nc3cc(C(F)(F)F)ccc3o2)c1. The van der Waals surface area contributed by atoms with Crippen LogP contribution in [0.15, 0.2) is 40.8 Å². The largest absolute Gasteiger partial charge is 0.436 e. The summed E-state index contributed by atoms with van der Waals surface area (Å²) in [6, 6.07) is 7.84. The molecule has 3 nitrogen and oxygen atoms in total. The third-order valence-corrected chi connectivity index (χ3v) is 3.10. The topological polar surface area (TPSA) is 52.0 Å². The highest BCUT2D eigenvalue weighted by molar-refractivity contribution is 6.31. The number of oxazole rings is 1. The predicted octanol–water partition coefficient (Wildman–Crippen LogP) is 4.75. The van der Waals surface area contributed by atoms with Crippen molar-refractivity contribution in [2.24, 2.45) is 0 Å². The number of benzene rings is 2. The van der Waals surface area contributed by atoms with E-state index in [9.17, 15) is 13.2 Å². The van der Waals surface area contributed by atoms with Gasteiger partial charge in [0, 0.05) is 16.3 Å². The number of hydrogen-bond donors (Lipinski definition) is 1. The number of anilines is 1. The Labute approximate surface area is 122 Å². The van der Waals surface area contributed by atoms with E-state index in [2.05, 4.69) is 4.98 Å². The number of hydrogen-bond acceptors (Lipinski definition) is 3. The summed E-state index contributed by atoms with van der Waals surface area (Å²) in [5.41, 5.74) is 6.19. The molecule has 3 rings (SSSR count). The van der Waals surface area contributed by atoms with Gasteiger partial charge >= 0.3 is 6.18 Å². The summed E-state index contributed by atoms with van der Waals surface area (Å²) in [5, 5.41) is 0.392. The van der Waals surface area contributed by atoms with Crippen molar-refractivity contribution >= 4 is 28.4 Å². The van der Waals surface area contributed by atoms with E-state index in [1.807, 2.05) is 0 Å². The van der Waals surface area contributed by atoms with Crippen LogP contribution in [-0.4, -0.2) is 4.98 Å². The Morgan fingerprint density at radius 2 is 1.86 bits per heavy atom. The first-order valence-corrected chi connectivity index (χ1v) is 6.25. The van der Waals surface area contributed by atoms with E-state index in [0.29, 0.717) is 16.3 Å². The van der Waals surface area contributed by atoms with Gasteiger partial charge in [0.1, 0.15) is 5.52 Å². The van der Waals surface area contributed by atoms with E-state index in [4.69, 9.17) is 21.8 Å². The van der Waals surface area contributed by atoms with Crippen LogP contribution < -0.4 is 5.73 Å². The molecule has 0 amide bonds. The number of nitrogens with zero attached hydrogens (tertiary/aromatic N) is 1. The minimum atomic E-state index is -4.42. The number of halogens is 4. The highest BCUT2D eigenvalue weighted by atomic mass is 35.5. The zero-order valence-corrected chi connectivity index (χ0v) is 11.2. The molecule has 0 saturated heterocycles. The van der Waals surface area contributed by atoms with Gasteiger partial charge in [-0.15, -0.1) is 0 Å². The van der Waals surface area contributed by atoms with Crippen LogP contribution >= 0.6 is 11.6 Å². The Bertz CT molecular complexity index is 806. The van der Waals surface area contributed by atoms with Crippen LogP contribution in [0.5, 0.6) is 0 Å². The number of rotatable bonds is 1. The lowest BCUT2D eigenvalue weighted by Gasteiger charge is -2.04. The number of nitrogen functional groups attached to an aromatic ring is 1. The van der Waals surface area contributed by atoms with Crippen LogP contribution in [0.2, 0.25) is 5.02 Å². The van der Waals surface area contributed by atoms with E-state index in [1.165, 1.54) is 6.07 Å². The van der Waals surface area contributed by atoms with Gasteiger partial charge in [0.05, 0.1) is 5.56 Å². The quantitative estimate of drug-likeness (QED) is 0.660. The smallest absolute Gasteiger partial charge is 0.416 e. The van der Waals surface area contributed by atoms with Crippen LogP contribution in [0.4, 0.5) is 18.9 Å². The van der Waals surface area contributed by atoms with Gasteiger partial charge in [-0.1, -0.05) is 11.6 Å². The second-order valence-corrected chi connectivity index (χ2v) is 4.91. The molecular weight excluding hydrogens is 305 g/mol. The van der Waals surface area contributed by atoms with Crippen LogP contribution in [0.3, 0.4) is 0 Å². The Morgan fingerprint density at radius 3 is 2.52 bits per heavy atom. The highest BCUT2D eigenvalue weighted by Gasteiger charge is 2.31. The second-order valence-electron chi connectivity index (χ2n) is 4.47. The molecule has 2 N–H and O–H groups in total. The number of aromatic nitrogens is 1. The number of fused-ring (bicyclic) bond motifs is 1. The Morgan fingerprint density at radius 1 is 1.10 bits per heavy atom. The molecule has 1 heterocycles. The van der Waals surface area contributed by atoms with Crippen LogP contribution in [0, 0.1) is 0 Å². The standard InChI is InChI=1S/C14H8ClF3N2O/c15-9-3-7(4-10(19)6-9)13-20-11-5-8(14(16,17)18)1-2-12(11)21-13/h1-6H,19H2. The molecule has 7 heteroatoms. The van der Waals surface area contributed by atoms with Crippen molar-refractivity contribution in [1.29, 1.82) is 0 Å². The van der Waals surface area contributed by atoms with Gasteiger partial charge in [0.25, 0.3) is 0 Å². The Hall–Kier alpha value is -2.21. The van der Waals surface area contributed by atoms with E-state index in [-0.39, 0.29) is 17.0 Å². The molecule has 0 saturated carbocycles. The highest BCUT2D eigenvalue weighted by Crippen LogP contribution is 2.33. The van der Waals surface area contributed by atoms with Crippen LogP contribution in [-0.2, 0) is 6.18 Å². The Balaban J connectivity index is 2.13. The second kappa shape index (κ2) is 4.66. The van der Waals surface area contributed by atoms with Gasteiger partial charge in [-0.3, -0.25) is 0 Å². The van der Waals surface area contributed by atoms with E-state index < -0.39 is 11.7 Å². The van der Waals surface area contributed by atoms with Crippen molar-refractivity contribution in [2.45, 2.75) is 6.18 Å². The van der Waals surface area contributed by atoms with Crippen molar-refractivity contribution in [3.05, 3.63) is 47.0 Å². The molecule has 0 bridgehead atoms. The normalized spacial score (nSPS) is 12.0. The molecule has 0 fully saturated rings. The first kappa shape index (κ1) is 13.8. The van der Waals surface area contributed by atoms with Crippen molar-refractivity contribution in [1.82, 2.24) is 4.98 Å². The first-order valence-electron chi connectivity index (χ1n) is 5.87. The van der Waals surface area contributed by atoms with Crippen LogP contribution in [0.25, 0.3) is 22.6 Å². The van der Waals surface area contributed by atoms with Gasteiger partial charge in [0.15, 0.2) is 5.58 Å². The third kappa shape index (κ3) is 2.67. The molecule has 0 unspecified atom stereocenters. The molecule has 21 heavy (non-hydrogen) atoms. The van der Waals surface area contributed by atoms with Gasteiger partial charge in [-0.05, 0) is 36.4 Å². The monoisotopic (exact) mass is 312 g/mol. The zero-order valence-electron chi connectivity index (χ0n) is 10.4. The first-order chi connectivity index (χ1) is 9.83. The maximum Gasteiger partial charge on any atom is 0.416 e. The van der Waals surface area contributed by atoms with E-state index in [0.717, 1.165) is 12.1 Å². The maximum absolute atomic E-state index is 12.7. The van der Waals surface area contributed by atoms with Gasteiger partial charge < -0.3 is 10.2 Å². The molecule has 1 aromatic heterocycles. The molecule has 0 radical (unpaired) electrons. The summed E-state index contributed by atoms with van der Waals surface area (Å²) in [7, 11) is 0. The molecule has 3 aromatic rings. The molecule has 0 aliphatic heterocycles. The number of alkyl halides is 3.